The van der Waals surface area contributed by atoms with Crippen LogP contribution in [-0.2, 0) is 9.59 Å². The summed E-state index contributed by atoms with van der Waals surface area (Å²) in [5.41, 5.74) is 0.498. The van der Waals surface area contributed by atoms with Crippen molar-refractivity contribution in [3.8, 4) is 5.75 Å². The Bertz CT molecular complexity index is 600. The summed E-state index contributed by atoms with van der Waals surface area (Å²) < 4.78 is 5.07. The Morgan fingerprint density at radius 1 is 1.08 bits per heavy atom. The largest absolute Gasteiger partial charge is 0.482 e. The first-order chi connectivity index (χ1) is 12.1. The molecule has 1 aromatic rings. The lowest BCUT2D eigenvalue weighted by Crippen LogP contribution is -2.35. The summed E-state index contributed by atoms with van der Waals surface area (Å²) in [5.74, 6) is -0.813. The van der Waals surface area contributed by atoms with Gasteiger partial charge in [0.15, 0.2) is 6.61 Å². The highest BCUT2D eigenvalue weighted by atomic mass is 16.5. The molecule has 0 aromatic heterocycles. The summed E-state index contributed by atoms with van der Waals surface area (Å²) >= 11 is 0. The molecule has 25 heavy (non-hydrogen) atoms. The van der Waals surface area contributed by atoms with Crippen LogP contribution in [0.25, 0.3) is 0 Å². The number of carbonyl (C=O) groups is 3. The number of carboxylic acid groups (broad SMARTS) is 1. The summed E-state index contributed by atoms with van der Waals surface area (Å²) in [7, 11) is 0. The van der Waals surface area contributed by atoms with E-state index in [0.29, 0.717) is 37.4 Å². The third kappa shape index (κ3) is 6.45. The predicted octanol–water partition coefficient (Wildman–Crippen LogP) is 1.67. The molecular formula is C18H24N2O5. The quantitative estimate of drug-likeness (QED) is 0.863. The topological polar surface area (TPSA) is 95.9 Å². The lowest BCUT2D eigenvalue weighted by atomic mass is 10.1. The van der Waals surface area contributed by atoms with E-state index in [4.69, 9.17) is 9.84 Å². The van der Waals surface area contributed by atoms with E-state index >= 15 is 0 Å². The molecule has 2 N–H and O–H groups in total. The smallest absolute Gasteiger partial charge is 0.341 e. The van der Waals surface area contributed by atoms with E-state index in [9.17, 15) is 14.4 Å². The minimum absolute atomic E-state index is 0.0304. The van der Waals surface area contributed by atoms with E-state index in [1.165, 1.54) is 0 Å². The van der Waals surface area contributed by atoms with Gasteiger partial charge in [0, 0.05) is 31.6 Å². The van der Waals surface area contributed by atoms with Gasteiger partial charge in [0.1, 0.15) is 5.75 Å². The molecule has 0 aliphatic carbocycles. The number of amides is 2. The molecule has 2 amide bonds. The Morgan fingerprint density at radius 2 is 1.80 bits per heavy atom. The molecular weight excluding hydrogens is 324 g/mol. The summed E-state index contributed by atoms with van der Waals surface area (Å²) in [6.07, 6.45) is 4.25. The van der Waals surface area contributed by atoms with Crippen LogP contribution < -0.4 is 10.1 Å². The van der Waals surface area contributed by atoms with Gasteiger partial charge in [0.05, 0.1) is 0 Å². The van der Waals surface area contributed by atoms with Gasteiger partial charge >= 0.3 is 5.97 Å². The summed E-state index contributed by atoms with van der Waals surface area (Å²) in [6, 6.07) is 6.39. The molecule has 7 heteroatoms. The Hall–Kier alpha value is -2.57. The van der Waals surface area contributed by atoms with Gasteiger partial charge < -0.3 is 20.1 Å². The Kier molecular flexibility index (Phi) is 7.25. The van der Waals surface area contributed by atoms with Crippen molar-refractivity contribution < 1.29 is 24.2 Å². The van der Waals surface area contributed by atoms with Crippen LogP contribution in [-0.4, -0.2) is 54.0 Å². The predicted molar refractivity (Wildman–Crippen MR) is 91.6 cm³/mol. The Balaban J connectivity index is 1.99. The number of nitrogens with zero attached hydrogens (tertiary/aromatic N) is 1. The lowest BCUT2D eigenvalue weighted by molar-refractivity contribution is -0.139. The average Bonchev–Trinajstić information content (AvgIpc) is 2.65. The van der Waals surface area contributed by atoms with E-state index in [0.717, 1.165) is 25.7 Å². The molecule has 1 aromatic carbocycles. The van der Waals surface area contributed by atoms with Crippen molar-refractivity contribution in [2.45, 2.75) is 32.1 Å². The van der Waals surface area contributed by atoms with Gasteiger partial charge in [0.25, 0.3) is 5.91 Å². The second-order valence-electron chi connectivity index (χ2n) is 6.01. The maximum absolute atomic E-state index is 12.7. The summed E-state index contributed by atoms with van der Waals surface area (Å²) in [4.78, 5) is 36.7. The van der Waals surface area contributed by atoms with E-state index in [1.54, 1.807) is 29.2 Å². The number of benzene rings is 1. The molecule has 136 valence electrons. The number of nitrogens with one attached hydrogen (secondary N) is 1. The fourth-order valence-corrected chi connectivity index (χ4v) is 2.67. The number of hydrogen-bond acceptors (Lipinski definition) is 4. The van der Waals surface area contributed by atoms with E-state index < -0.39 is 12.6 Å². The summed E-state index contributed by atoms with van der Waals surface area (Å²) in [5, 5.41) is 11.5. The molecule has 0 saturated carbocycles. The molecule has 0 bridgehead atoms. The van der Waals surface area contributed by atoms with Crippen molar-refractivity contribution >= 4 is 17.8 Å². The standard InChI is InChI=1S/C18H24N2O5/c21-16-9-12-20(11-4-2-1-3-10-19-16)18(24)14-5-7-15(8-6-14)25-13-17(22)23/h5-8H,1-4,9-13H2,(H,19,21)(H,22,23). The first-order valence-electron chi connectivity index (χ1n) is 8.57. The molecule has 0 radical (unpaired) electrons. The Morgan fingerprint density at radius 3 is 2.52 bits per heavy atom. The van der Waals surface area contributed by atoms with Gasteiger partial charge in [0.2, 0.25) is 5.91 Å². The second-order valence-corrected chi connectivity index (χ2v) is 6.01. The lowest BCUT2D eigenvalue weighted by Gasteiger charge is -2.22. The molecule has 1 saturated heterocycles. The highest BCUT2D eigenvalue weighted by Crippen LogP contribution is 2.15. The van der Waals surface area contributed by atoms with Gasteiger partial charge in [-0.3, -0.25) is 9.59 Å². The fraction of sp³-hybridized carbons (Fsp3) is 0.500. The van der Waals surface area contributed by atoms with Gasteiger partial charge in [-0.1, -0.05) is 12.8 Å². The SMILES string of the molecule is O=C(O)COc1ccc(C(=O)N2CCCCCCNC(=O)CC2)cc1. The minimum atomic E-state index is -1.05. The van der Waals surface area contributed by atoms with Crippen LogP contribution in [0.4, 0.5) is 0 Å². The Labute approximate surface area is 147 Å². The van der Waals surface area contributed by atoms with Crippen LogP contribution in [0.1, 0.15) is 42.5 Å². The zero-order chi connectivity index (χ0) is 18.1. The second kappa shape index (κ2) is 9.66. The minimum Gasteiger partial charge on any atom is -0.482 e. The van der Waals surface area contributed by atoms with Crippen molar-refractivity contribution in [3.63, 3.8) is 0 Å². The highest BCUT2D eigenvalue weighted by Gasteiger charge is 2.17. The van der Waals surface area contributed by atoms with Crippen molar-refractivity contribution in [2.24, 2.45) is 0 Å². The van der Waals surface area contributed by atoms with Gasteiger partial charge in [-0.05, 0) is 37.1 Å². The highest BCUT2D eigenvalue weighted by molar-refractivity contribution is 5.94. The van der Waals surface area contributed by atoms with Crippen LogP contribution in [0.3, 0.4) is 0 Å². The average molecular weight is 348 g/mol. The van der Waals surface area contributed by atoms with E-state index in [1.807, 2.05) is 0 Å². The van der Waals surface area contributed by atoms with Gasteiger partial charge in [-0.15, -0.1) is 0 Å². The number of carbonyl (C=O) groups excluding carboxylic acids is 2. The zero-order valence-electron chi connectivity index (χ0n) is 14.2. The molecule has 0 spiro atoms. The number of rotatable bonds is 4. The first-order valence-corrected chi connectivity index (χ1v) is 8.57. The monoisotopic (exact) mass is 348 g/mol. The van der Waals surface area contributed by atoms with Crippen molar-refractivity contribution in [1.29, 1.82) is 0 Å². The molecule has 2 rings (SSSR count). The maximum atomic E-state index is 12.7. The maximum Gasteiger partial charge on any atom is 0.341 e. The van der Waals surface area contributed by atoms with E-state index in [-0.39, 0.29) is 11.8 Å². The van der Waals surface area contributed by atoms with Crippen LogP contribution in [0, 0.1) is 0 Å². The van der Waals surface area contributed by atoms with Crippen LogP contribution >= 0.6 is 0 Å². The zero-order valence-corrected chi connectivity index (χ0v) is 14.2. The third-order valence-electron chi connectivity index (χ3n) is 4.04. The molecule has 1 heterocycles. The number of ether oxygens (including phenoxy) is 1. The van der Waals surface area contributed by atoms with Crippen molar-refractivity contribution in [1.82, 2.24) is 10.2 Å². The fourth-order valence-electron chi connectivity index (χ4n) is 2.67. The molecule has 1 aliphatic heterocycles. The number of hydrogen-bond donors (Lipinski definition) is 2. The normalized spacial score (nSPS) is 16.5. The third-order valence-corrected chi connectivity index (χ3v) is 4.04. The number of aliphatic carboxylic acids is 1. The molecule has 7 nitrogen and oxygen atoms in total. The summed E-state index contributed by atoms with van der Waals surface area (Å²) in [6.45, 7) is 1.30. The van der Waals surface area contributed by atoms with Crippen LogP contribution in [0.2, 0.25) is 0 Å². The first kappa shape index (κ1) is 18.8. The molecule has 1 aliphatic rings. The van der Waals surface area contributed by atoms with Crippen molar-refractivity contribution in [3.05, 3.63) is 29.8 Å². The molecule has 0 atom stereocenters. The van der Waals surface area contributed by atoms with Crippen LogP contribution in [0.15, 0.2) is 24.3 Å². The number of carboxylic acids is 1. The van der Waals surface area contributed by atoms with E-state index in [2.05, 4.69) is 5.32 Å². The molecule has 1 fully saturated rings. The van der Waals surface area contributed by atoms with Gasteiger partial charge in [-0.2, -0.15) is 0 Å². The van der Waals surface area contributed by atoms with Gasteiger partial charge in [-0.25, -0.2) is 4.79 Å². The molecule has 0 unspecified atom stereocenters. The van der Waals surface area contributed by atoms with Crippen LogP contribution in [0.5, 0.6) is 5.75 Å². The van der Waals surface area contributed by atoms with Crippen molar-refractivity contribution in [2.75, 3.05) is 26.2 Å².